The van der Waals surface area contributed by atoms with Crippen molar-refractivity contribution in [2.24, 2.45) is 0 Å². The van der Waals surface area contributed by atoms with Crippen LogP contribution in [0.4, 0.5) is 0 Å². The van der Waals surface area contributed by atoms with Crippen LogP contribution in [0.5, 0.6) is 5.75 Å². The van der Waals surface area contributed by atoms with Gasteiger partial charge in [0.1, 0.15) is 5.75 Å². The highest BCUT2D eigenvalue weighted by molar-refractivity contribution is 6.30. The predicted octanol–water partition coefficient (Wildman–Crippen LogP) is 3.89. The first kappa shape index (κ1) is 12.7. The van der Waals surface area contributed by atoms with Gasteiger partial charge in [0.25, 0.3) is 0 Å². The molecule has 2 nitrogen and oxygen atoms in total. The molecule has 0 aliphatic carbocycles. The number of ether oxygens (including phenoxy) is 1. The Morgan fingerprint density at radius 1 is 1.17 bits per heavy atom. The molecular weight excluding hydrogens is 248 g/mol. The maximum atomic E-state index is 12.3. The second-order valence-electron chi connectivity index (χ2n) is 4.02. The maximum absolute atomic E-state index is 12.3. The zero-order chi connectivity index (χ0) is 13.1. The summed E-state index contributed by atoms with van der Waals surface area (Å²) in [6, 6.07) is 12.4. The van der Waals surface area contributed by atoms with Gasteiger partial charge >= 0.3 is 0 Å². The number of rotatable bonds is 3. The van der Waals surface area contributed by atoms with Gasteiger partial charge in [-0.05, 0) is 42.8 Å². The largest absolute Gasteiger partial charge is 0.497 e. The van der Waals surface area contributed by atoms with E-state index in [0.29, 0.717) is 21.9 Å². The fourth-order valence-corrected chi connectivity index (χ4v) is 2.03. The molecular formula is C15H13ClO2. The molecule has 2 rings (SSSR count). The quantitative estimate of drug-likeness (QED) is 0.783. The van der Waals surface area contributed by atoms with Crippen molar-refractivity contribution in [3.05, 3.63) is 64.2 Å². The van der Waals surface area contributed by atoms with Gasteiger partial charge in [-0.2, -0.15) is 0 Å². The SMILES string of the molecule is COc1cccc(C(=O)c2ccc(Cl)cc2C)c1. The lowest BCUT2D eigenvalue weighted by Gasteiger charge is -2.07. The van der Waals surface area contributed by atoms with Crippen molar-refractivity contribution >= 4 is 17.4 Å². The van der Waals surface area contributed by atoms with E-state index in [4.69, 9.17) is 16.3 Å². The zero-order valence-corrected chi connectivity index (χ0v) is 11.0. The van der Waals surface area contributed by atoms with Gasteiger partial charge in [0.15, 0.2) is 5.78 Å². The lowest BCUT2D eigenvalue weighted by molar-refractivity contribution is 0.103. The first-order valence-electron chi connectivity index (χ1n) is 5.56. The number of ketones is 1. The summed E-state index contributed by atoms with van der Waals surface area (Å²) in [6.45, 7) is 1.87. The van der Waals surface area contributed by atoms with E-state index in [-0.39, 0.29) is 5.78 Å². The summed E-state index contributed by atoms with van der Waals surface area (Å²) in [5.41, 5.74) is 2.14. The molecule has 0 saturated carbocycles. The molecule has 0 aliphatic rings. The highest BCUT2D eigenvalue weighted by atomic mass is 35.5. The van der Waals surface area contributed by atoms with Gasteiger partial charge in [0.05, 0.1) is 7.11 Å². The summed E-state index contributed by atoms with van der Waals surface area (Å²) >= 11 is 5.88. The van der Waals surface area contributed by atoms with Crippen LogP contribution in [0.2, 0.25) is 5.02 Å². The number of hydrogen-bond acceptors (Lipinski definition) is 2. The van der Waals surface area contributed by atoms with E-state index >= 15 is 0 Å². The topological polar surface area (TPSA) is 26.3 Å². The third-order valence-electron chi connectivity index (χ3n) is 2.77. The third-order valence-corrected chi connectivity index (χ3v) is 3.00. The van der Waals surface area contributed by atoms with Crippen LogP contribution in [-0.4, -0.2) is 12.9 Å². The van der Waals surface area contributed by atoms with Gasteiger partial charge in [0, 0.05) is 16.1 Å². The van der Waals surface area contributed by atoms with Crippen molar-refractivity contribution < 1.29 is 9.53 Å². The molecule has 0 saturated heterocycles. The Morgan fingerprint density at radius 3 is 2.61 bits per heavy atom. The molecule has 0 aromatic heterocycles. The fraction of sp³-hybridized carbons (Fsp3) is 0.133. The number of aryl methyl sites for hydroxylation is 1. The van der Waals surface area contributed by atoms with E-state index in [1.54, 1.807) is 43.5 Å². The third kappa shape index (κ3) is 2.54. The molecule has 0 heterocycles. The van der Waals surface area contributed by atoms with Crippen molar-refractivity contribution in [3.63, 3.8) is 0 Å². The predicted molar refractivity (Wildman–Crippen MR) is 72.6 cm³/mol. The van der Waals surface area contributed by atoms with Crippen LogP contribution in [0.3, 0.4) is 0 Å². The average Bonchev–Trinajstić information content (AvgIpc) is 2.38. The Bertz CT molecular complexity index is 591. The first-order chi connectivity index (χ1) is 8.61. The summed E-state index contributed by atoms with van der Waals surface area (Å²) in [5.74, 6) is 0.649. The monoisotopic (exact) mass is 260 g/mol. The number of halogens is 1. The van der Waals surface area contributed by atoms with E-state index in [1.807, 2.05) is 13.0 Å². The fourth-order valence-electron chi connectivity index (χ4n) is 1.80. The van der Waals surface area contributed by atoms with Gasteiger partial charge in [-0.1, -0.05) is 23.7 Å². The van der Waals surface area contributed by atoms with Crippen LogP contribution >= 0.6 is 11.6 Å². The lowest BCUT2D eigenvalue weighted by atomic mass is 9.99. The number of benzene rings is 2. The van der Waals surface area contributed by atoms with Gasteiger partial charge in [-0.3, -0.25) is 4.79 Å². The Balaban J connectivity index is 2.41. The van der Waals surface area contributed by atoms with Crippen molar-refractivity contribution in [2.45, 2.75) is 6.92 Å². The summed E-state index contributed by atoms with van der Waals surface area (Å²) in [7, 11) is 1.58. The lowest BCUT2D eigenvalue weighted by Crippen LogP contribution is -2.03. The van der Waals surface area contributed by atoms with Gasteiger partial charge in [0.2, 0.25) is 0 Å². The van der Waals surface area contributed by atoms with Gasteiger partial charge in [-0.25, -0.2) is 0 Å². The number of hydrogen-bond donors (Lipinski definition) is 0. The Hall–Kier alpha value is -1.80. The number of carbonyl (C=O) groups excluding carboxylic acids is 1. The van der Waals surface area contributed by atoms with E-state index in [9.17, 15) is 4.79 Å². The molecule has 18 heavy (non-hydrogen) atoms. The van der Waals surface area contributed by atoms with Crippen molar-refractivity contribution in [2.75, 3.05) is 7.11 Å². The Morgan fingerprint density at radius 2 is 1.94 bits per heavy atom. The van der Waals surface area contributed by atoms with Crippen LogP contribution < -0.4 is 4.74 Å². The molecule has 2 aromatic rings. The Labute approximate surface area is 111 Å². The van der Waals surface area contributed by atoms with Crippen LogP contribution in [0, 0.1) is 6.92 Å². The van der Waals surface area contributed by atoms with Gasteiger partial charge < -0.3 is 4.74 Å². The minimum atomic E-state index is -0.0249. The summed E-state index contributed by atoms with van der Waals surface area (Å²) in [4.78, 5) is 12.3. The molecule has 0 amide bonds. The molecule has 0 fully saturated rings. The Kier molecular flexibility index (Phi) is 3.68. The summed E-state index contributed by atoms with van der Waals surface area (Å²) in [6.07, 6.45) is 0. The van der Waals surface area contributed by atoms with Crippen molar-refractivity contribution in [3.8, 4) is 5.75 Å². The van der Waals surface area contributed by atoms with Crippen LogP contribution in [0.15, 0.2) is 42.5 Å². The van der Waals surface area contributed by atoms with Gasteiger partial charge in [-0.15, -0.1) is 0 Å². The van der Waals surface area contributed by atoms with Crippen molar-refractivity contribution in [1.82, 2.24) is 0 Å². The molecule has 0 N–H and O–H groups in total. The second-order valence-corrected chi connectivity index (χ2v) is 4.46. The van der Waals surface area contributed by atoms with E-state index < -0.39 is 0 Å². The van der Waals surface area contributed by atoms with Crippen LogP contribution in [-0.2, 0) is 0 Å². The average molecular weight is 261 g/mol. The minimum absolute atomic E-state index is 0.0249. The van der Waals surface area contributed by atoms with Crippen LogP contribution in [0.25, 0.3) is 0 Å². The number of methoxy groups -OCH3 is 1. The van der Waals surface area contributed by atoms with E-state index in [1.165, 1.54) is 0 Å². The smallest absolute Gasteiger partial charge is 0.193 e. The normalized spacial score (nSPS) is 10.2. The molecule has 2 aromatic carbocycles. The molecule has 0 bridgehead atoms. The van der Waals surface area contributed by atoms with E-state index in [0.717, 1.165) is 5.56 Å². The zero-order valence-electron chi connectivity index (χ0n) is 10.2. The first-order valence-corrected chi connectivity index (χ1v) is 5.94. The van der Waals surface area contributed by atoms with Crippen LogP contribution in [0.1, 0.15) is 21.5 Å². The highest BCUT2D eigenvalue weighted by Gasteiger charge is 2.12. The van der Waals surface area contributed by atoms with Crippen molar-refractivity contribution in [1.29, 1.82) is 0 Å². The molecule has 3 heteroatoms. The standard InChI is InChI=1S/C15H13ClO2/c1-10-8-12(16)6-7-14(10)15(17)11-4-3-5-13(9-11)18-2/h3-9H,1-2H3. The minimum Gasteiger partial charge on any atom is -0.497 e. The number of carbonyl (C=O) groups is 1. The van der Waals surface area contributed by atoms with E-state index in [2.05, 4.69) is 0 Å². The molecule has 0 aliphatic heterocycles. The molecule has 0 radical (unpaired) electrons. The summed E-state index contributed by atoms with van der Waals surface area (Å²) < 4.78 is 5.12. The maximum Gasteiger partial charge on any atom is 0.193 e. The second kappa shape index (κ2) is 5.23. The molecule has 92 valence electrons. The summed E-state index contributed by atoms with van der Waals surface area (Å²) in [5, 5.41) is 0.634. The highest BCUT2D eigenvalue weighted by Crippen LogP contribution is 2.20. The molecule has 0 spiro atoms. The molecule has 0 atom stereocenters. The molecule has 0 unspecified atom stereocenters.